The lowest BCUT2D eigenvalue weighted by molar-refractivity contribution is -0.130. The van der Waals surface area contributed by atoms with Gasteiger partial charge in [-0.1, -0.05) is 42.5 Å². The van der Waals surface area contributed by atoms with Gasteiger partial charge in [-0.15, -0.1) is 0 Å². The van der Waals surface area contributed by atoms with Crippen LogP contribution in [0.3, 0.4) is 0 Å². The van der Waals surface area contributed by atoms with Gasteiger partial charge in [0.05, 0.1) is 18.8 Å². The van der Waals surface area contributed by atoms with Crippen molar-refractivity contribution >= 4 is 28.5 Å². The molecule has 0 unspecified atom stereocenters. The van der Waals surface area contributed by atoms with Gasteiger partial charge in [0.25, 0.3) is 5.91 Å². The van der Waals surface area contributed by atoms with Gasteiger partial charge >= 0.3 is 0 Å². The molecule has 184 valence electrons. The molecule has 0 radical (unpaired) electrons. The molecule has 1 N–H and O–H groups in total. The number of furan rings is 1. The van der Waals surface area contributed by atoms with Crippen LogP contribution in [0.1, 0.15) is 34.6 Å². The molecule has 2 amide bonds. The minimum Gasteiger partial charge on any atom is -0.497 e. The summed E-state index contributed by atoms with van der Waals surface area (Å²) in [6.07, 6.45) is 0. The summed E-state index contributed by atoms with van der Waals surface area (Å²) < 4.78 is 11.8. The highest BCUT2D eigenvalue weighted by atomic mass is 16.5. The summed E-state index contributed by atoms with van der Waals surface area (Å²) in [7, 11) is 1.64. The number of carbonyl (C=O) groups excluding carboxylic acids is 2. The van der Waals surface area contributed by atoms with Crippen LogP contribution < -0.4 is 10.1 Å². The summed E-state index contributed by atoms with van der Waals surface area (Å²) >= 11 is 0. The molecule has 7 nitrogen and oxygen atoms in total. The Balaban J connectivity index is 1.59. The lowest BCUT2D eigenvalue weighted by atomic mass is 9.99. The van der Waals surface area contributed by atoms with Crippen molar-refractivity contribution < 1.29 is 18.7 Å². The van der Waals surface area contributed by atoms with Gasteiger partial charge in [0.1, 0.15) is 17.1 Å². The van der Waals surface area contributed by atoms with Gasteiger partial charge in [0.2, 0.25) is 5.91 Å². The Labute approximate surface area is 210 Å². The Kier molecular flexibility index (Phi) is 6.73. The van der Waals surface area contributed by atoms with Gasteiger partial charge in [-0.3, -0.25) is 14.5 Å². The number of anilines is 1. The third-order valence-corrected chi connectivity index (χ3v) is 6.70. The third kappa shape index (κ3) is 4.70. The standard InChI is InChI=1S/C29H29N3O4/c1-20(33)31-16-18-32(19-17-31)27(21-12-14-23(35-2)15-13-21)28-26(24-10-6-7-11-25(24)36-28)30-29(34)22-8-4-3-5-9-22/h3-15,27H,16-19H2,1-2H3,(H,30,34)/t27-/m1/s1. The summed E-state index contributed by atoms with van der Waals surface area (Å²) in [6.45, 7) is 4.23. The predicted octanol–water partition coefficient (Wildman–Crippen LogP) is 4.95. The number of carbonyl (C=O) groups is 2. The summed E-state index contributed by atoms with van der Waals surface area (Å²) in [5.74, 6) is 1.32. The van der Waals surface area contributed by atoms with Crippen molar-refractivity contribution in [2.45, 2.75) is 13.0 Å². The van der Waals surface area contributed by atoms with E-state index in [1.807, 2.05) is 71.6 Å². The van der Waals surface area contributed by atoms with Crippen molar-refractivity contribution in [3.8, 4) is 5.75 Å². The van der Waals surface area contributed by atoms with E-state index in [1.54, 1.807) is 26.2 Å². The maximum atomic E-state index is 13.2. The monoisotopic (exact) mass is 483 g/mol. The van der Waals surface area contributed by atoms with Crippen LogP contribution in [0, 0.1) is 0 Å². The molecule has 1 aliphatic rings. The zero-order valence-corrected chi connectivity index (χ0v) is 20.4. The van der Waals surface area contributed by atoms with Crippen molar-refractivity contribution in [3.05, 3.63) is 95.7 Å². The van der Waals surface area contributed by atoms with E-state index in [4.69, 9.17) is 9.15 Å². The molecule has 1 saturated heterocycles. The number of rotatable bonds is 6. The van der Waals surface area contributed by atoms with Gasteiger partial charge in [-0.25, -0.2) is 0 Å². The third-order valence-electron chi connectivity index (χ3n) is 6.70. The van der Waals surface area contributed by atoms with Crippen molar-refractivity contribution in [2.75, 3.05) is 38.6 Å². The highest BCUT2D eigenvalue weighted by Gasteiger charge is 2.33. The van der Waals surface area contributed by atoms with Gasteiger partial charge in [-0.05, 0) is 42.0 Å². The average Bonchev–Trinajstić information content (AvgIpc) is 3.27. The highest BCUT2D eigenvalue weighted by molar-refractivity contribution is 6.09. The normalized spacial score (nSPS) is 15.0. The lowest BCUT2D eigenvalue weighted by Crippen LogP contribution is -2.49. The van der Waals surface area contributed by atoms with E-state index < -0.39 is 0 Å². The van der Waals surface area contributed by atoms with Gasteiger partial charge in [-0.2, -0.15) is 0 Å². The van der Waals surface area contributed by atoms with E-state index in [-0.39, 0.29) is 17.9 Å². The molecular weight excluding hydrogens is 454 g/mol. The number of nitrogens with one attached hydrogen (secondary N) is 1. The van der Waals surface area contributed by atoms with Crippen LogP contribution in [-0.2, 0) is 4.79 Å². The number of benzene rings is 3. The first-order valence-electron chi connectivity index (χ1n) is 12.1. The average molecular weight is 484 g/mol. The van der Waals surface area contributed by atoms with Crippen molar-refractivity contribution in [2.24, 2.45) is 0 Å². The molecule has 2 heterocycles. The van der Waals surface area contributed by atoms with Gasteiger partial charge in [0, 0.05) is 44.1 Å². The molecule has 1 aliphatic heterocycles. The fourth-order valence-corrected chi connectivity index (χ4v) is 4.77. The first kappa shape index (κ1) is 23.6. The van der Waals surface area contributed by atoms with Crippen LogP contribution in [0.15, 0.2) is 83.3 Å². The van der Waals surface area contributed by atoms with Crippen molar-refractivity contribution in [1.82, 2.24) is 9.80 Å². The molecule has 0 saturated carbocycles. The van der Waals surface area contributed by atoms with E-state index in [9.17, 15) is 9.59 Å². The number of methoxy groups -OCH3 is 1. The molecule has 4 aromatic rings. The summed E-state index contributed by atoms with van der Waals surface area (Å²) in [6, 6.07) is 24.5. The summed E-state index contributed by atoms with van der Waals surface area (Å²) in [4.78, 5) is 29.3. The molecule has 0 aliphatic carbocycles. The Hall–Kier alpha value is -4.10. The molecule has 7 heteroatoms. The maximum absolute atomic E-state index is 13.2. The minimum absolute atomic E-state index is 0.0789. The van der Waals surface area contributed by atoms with E-state index >= 15 is 0 Å². The molecule has 5 rings (SSSR count). The zero-order chi connectivity index (χ0) is 25.1. The minimum atomic E-state index is -0.261. The number of piperazine rings is 1. The van der Waals surface area contributed by atoms with Crippen LogP contribution in [0.4, 0.5) is 5.69 Å². The van der Waals surface area contributed by atoms with E-state index in [0.29, 0.717) is 48.8 Å². The van der Waals surface area contributed by atoms with Gasteiger partial charge in [0.15, 0.2) is 0 Å². The fourth-order valence-electron chi connectivity index (χ4n) is 4.77. The molecule has 36 heavy (non-hydrogen) atoms. The molecule has 1 fully saturated rings. The smallest absolute Gasteiger partial charge is 0.255 e. The first-order valence-corrected chi connectivity index (χ1v) is 12.1. The maximum Gasteiger partial charge on any atom is 0.255 e. The predicted molar refractivity (Wildman–Crippen MR) is 139 cm³/mol. The summed E-state index contributed by atoms with van der Waals surface area (Å²) in [5, 5.41) is 3.99. The molecule has 0 spiro atoms. The second kappa shape index (κ2) is 10.3. The number of amides is 2. The number of para-hydroxylation sites is 1. The Morgan fingerprint density at radius 2 is 1.56 bits per heavy atom. The van der Waals surface area contributed by atoms with Crippen LogP contribution in [-0.4, -0.2) is 54.9 Å². The molecular formula is C29H29N3O4. The van der Waals surface area contributed by atoms with Gasteiger partial charge < -0.3 is 19.4 Å². The number of nitrogens with zero attached hydrogens (tertiary/aromatic N) is 2. The first-order chi connectivity index (χ1) is 17.5. The van der Waals surface area contributed by atoms with E-state index in [0.717, 1.165) is 16.7 Å². The SMILES string of the molecule is COc1ccc([C@H](c2oc3ccccc3c2NC(=O)c2ccccc2)N2CCN(C(C)=O)CC2)cc1. The topological polar surface area (TPSA) is 75.0 Å². The Morgan fingerprint density at radius 1 is 0.889 bits per heavy atom. The molecule has 0 bridgehead atoms. The second-order valence-electron chi connectivity index (χ2n) is 8.88. The van der Waals surface area contributed by atoms with Crippen molar-refractivity contribution in [1.29, 1.82) is 0 Å². The van der Waals surface area contributed by atoms with E-state index in [1.165, 1.54) is 0 Å². The second-order valence-corrected chi connectivity index (χ2v) is 8.88. The van der Waals surface area contributed by atoms with Crippen LogP contribution in [0.5, 0.6) is 5.75 Å². The van der Waals surface area contributed by atoms with Crippen LogP contribution in [0.25, 0.3) is 11.0 Å². The zero-order valence-electron chi connectivity index (χ0n) is 20.4. The Bertz CT molecular complexity index is 1360. The number of hydrogen-bond donors (Lipinski definition) is 1. The highest BCUT2D eigenvalue weighted by Crippen LogP contribution is 2.41. The number of fused-ring (bicyclic) bond motifs is 1. The largest absolute Gasteiger partial charge is 0.497 e. The Morgan fingerprint density at radius 3 is 2.22 bits per heavy atom. The van der Waals surface area contributed by atoms with E-state index in [2.05, 4.69) is 10.2 Å². The quantitative estimate of drug-likeness (QED) is 0.420. The molecule has 1 atom stereocenters. The number of hydrogen-bond acceptors (Lipinski definition) is 5. The molecule has 1 aromatic heterocycles. The van der Waals surface area contributed by atoms with Crippen molar-refractivity contribution in [3.63, 3.8) is 0 Å². The lowest BCUT2D eigenvalue weighted by Gasteiger charge is -2.38. The molecule has 3 aromatic carbocycles. The van der Waals surface area contributed by atoms with Crippen LogP contribution in [0.2, 0.25) is 0 Å². The van der Waals surface area contributed by atoms with Crippen LogP contribution >= 0.6 is 0 Å². The number of ether oxygens (including phenoxy) is 1. The summed E-state index contributed by atoms with van der Waals surface area (Å²) in [5.41, 5.74) is 2.96. The fraction of sp³-hybridized carbons (Fsp3) is 0.241.